The van der Waals surface area contributed by atoms with Gasteiger partial charge in [0, 0.05) is 51.4 Å². The molecule has 0 aliphatic carbocycles. The molecule has 0 bridgehead atoms. The summed E-state index contributed by atoms with van der Waals surface area (Å²) in [5.74, 6) is -0.270. The van der Waals surface area contributed by atoms with E-state index in [0.717, 1.165) is 0 Å². The van der Waals surface area contributed by atoms with E-state index in [1.165, 1.54) is 0 Å². The first-order valence-corrected chi connectivity index (χ1v) is 4.27. The normalized spacial score (nSPS) is 10.2. The summed E-state index contributed by atoms with van der Waals surface area (Å²) < 4.78 is 5.18. The van der Waals surface area contributed by atoms with Crippen LogP contribution in [0.1, 0.15) is 31.1 Å². The van der Waals surface area contributed by atoms with E-state index >= 15 is 0 Å². The van der Waals surface area contributed by atoms with Gasteiger partial charge in [-0.1, -0.05) is 18.2 Å². The molecule has 0 fully saturated rings. The second kappa shape index (κ2) is 6.03. The fourth-order valence-electron chi connectivity index (χ4n) is 0.911. The average molecular weight is 217 g/mol. The molecule has 0 aliphatic rings. The van der Waals surface area contributed by atoms with Crippen LogP contribution in [0.25, 0.3) is 0 Å². The Morgan fingerprint density at radius 3 is 2.07 bits per heavy atom. The minimum absolute atomic E-state index is 0. The molecule has 1 aromatic rings. The van der Waals surface area contributed by atoms with E-state index in [4.69, 9.17) is 4.74 Å². The van der Waals surface area contributed by atoms with Gasteiger partial charge in [0.1, 0.15) is 5.60 Å². The van der Waals surface area contributed by atoms with Crippen LogP contribution in [0.4, 0.5) is 0 Å². The minimum atomic E-state index is -0.424. The molecule has 0 aliphatic heterocycles. The summed E-state index contributed by atoms with van der Waals surface area (Å²) in [4.78, 5) is 11.4. The van der Waals surface area contributed by atoms with Gasteiger partial charge in [0.15, 0.2) is 0 Å². The third kappa shape index (κ3) is 5.27. The Morgan fingerprint density at radius 1 is 1.14 bits per heavy atom. The molecule has 71 valence electrons. The van der Waals surface area contributed by atoms with E-state index in [1.54, 1.807) is 12.1 Å². The molecule has 0 N–H and O–H groups in total. The Kier molecular flexibility index (Phi) is 6.17. The number of carbonyl (C=O) groups excluding carboxylic acids is 1. The van der Waals surface area contributed by atoms with Crippen molar-refractivity contribution in [2.45, 2.75) is 26.4 Å². The standard InChI is InChI=1S/C11H14O2.K/c1-11(2,3)13-10(12)9-7-5-4-6-8-9;/h4-8H,1-3H3;. The number of ether oxygens (including phenoxy) is 1. The van der Waals surface area contributed by atoms with Crippen LogP contribution in [0.15, 0.2) is 30.3 Å². The molecule has 1 rings (SSSR count). The number of benzene rings is 1. The first-order chi connectivity index (χ1) is 5.99. The van der Waals surface area contributed by atoms with Crippen molar-refractivity contribution < 1.29 is 9.53 Å². The molecule has 0 unspecified atom stereocenters. The maximum Gasteiger partial charge on any atom is 0.338 e. The molecule has 0 saturated heterocycles. The van der Waals surface area contributed by atoms with E-state index in [2.05, 4.69) is 0 Å². The molecule has 0 amide bonds. The average Bonchev–Trinajstić information content (AvgIpc) is 2.03. The summed E-state index contributed by atoms with van der Waals surface area (Å²) in [6.07, 6.45) is 0. The second-order valence-electron chi connectivity index (χ2n) is 3.87. The van der Waals surface area contributed by atoms with Crippen LogP contribution < -0.4 is 0 Å². The van der Waals surface area contributed by atoms with E-state index in [1.807, 2.05) is 39.0 Å². The van der Waals surface area contributed by atoms with Crippen LogP contribution >= 0.6 is 0 Å². The van der Waals surface area contributed by atoms with Gasteiger partial charge >= 0.3 is 5.97 Å². The fourth-order valence-corrected chi connectivity index (χ4v) is 0.911. The van der Waals surface area contributed by atoms with Crippen LogP contribution in [0, 0.1) is 0 Å². The molecule has 14 heavy (non-hydrogen) atoms. The molecule has 0 saturated carbocycles. The SMILES string of the molecule is CC(C)(C)OC(=O)c1ccccc1.[K]. The predicted octanol–water partition coefficient (Wildman–Crippen LogP) is 2.26. The van der Waals surface area contributed by atoms with Gasteiger partial charge in [-0.3, -0.25) is 0 Å². The summed E-state index contributed by atoms with van der Waals surface area (Å²) in [5, 5.41) is 0. The summed E-state index contributed by atoms with van der Waals surface area (Å²) in [6, 6.07) is 8.99. The van der Waals surface area contributed by atoms with Crippen molar-refractivity contribution in [2.75, 3.05) is 0 Å². The largest absolute Gasteiger partial charge is 0.456 e. The minimum Gasteiger partial charge on any atom is -0.456 e. The van der Waals surface area contributed by atoms with E-state index in [9.17, 15) is 4.79 Å². The zero-order valence-electron chi connectivity index (χ0n) is 9.20. The van der Waals surface area contributed by atoms with Crippen molar-refractivity contribution in [3.8, 4) is 0 Å². The molecule has 1 radical (unpaired) electrons. The summed E-state index contributed by atoms with van der Waals surface area (Å²) >= 11 is 0. The number of esters is 1. The molecular weight excluding hydrogens is 203 g/mol. The monoisotopic (exact) mass is 217 g/mol. The van der Waals surface area contributed by atoms with Gasteiger partial charge in [-0.25, -0.2) is 4.79 Å². The van der Waals surface area contributed by atoms with Crippen LogP contribution in [-0.4, -0.2) is 63.0 Å². The smallest absolute Gasteiger partial charge is 0.338 e. The molecule has 0 heterocycles. The van der Waals surface area contributed by atoms with Gasteiger partial charge in [-0.05, 0) is 32.9 Å². The maximum atomic E-state index is 11.4. The summed E-state index contributed by atoms with van der Waals surface area (Å²) in [6.45, 7) is 5.56. The predicted molar refractivity (Wildman–Crippen MR) is 57.4 cm³/mol. The molecule has 1 aromatic carbocycles. The van der Waals surface area contributed by atoms with Crippen LogP contribution in [0.5, 0.6) is 0 Å². The molecule has 0 spiro atoms. The van der Waals surface area contributed by atoms with Crippen molar-refractivity contribution in [3.05, 3.63) is 35.9 Å². The van der Waals surface area contributed by atoms with Gasteiger partial charge in [-0.2, -0.15) is 0 Å². The Hall–Kier alpha value is 0.326. The third-order valence-corrected chi connectivity index (χ3v) is 1.41. The van der Waals surface area contributed by atoms with Crippen molar-refractivity contribution in [2.24, 2.45) is 0 Å². The van der Waals surface area contributed by atoms with Gasteiger partial charge in [0.25, 0.3) is 0 Å². The Bertz CT molecular complexity index is 288. The van der Waals surface area contributed by atoms with Gasteiger partial charge < -0.3 is 4.74 Å². The quantitative estimate of drug-likeness (QED) is 0.533. The summed E-state index contributed by atoms with van der Waals surface area (Å²) in [5.41, 5.74) is 0.171. The first-order valence-electron chi connectivity index (χ1n) is 4.27. The van der Waals surface area contributed by atoms with Crippen molar-refractivity contribution in [3.63, 3.8) is 0 Å². The number of hydrogen-bond acceptors (Lipinski definition) is 2. The van der Waals surface area contributed by atoms with Crippen LogP contribution in [0.2, 0.25) is 0 Å². The number of carbonyl (C=O) groups is 1. The van der Waals surface area contributed by atoms with Crippen molar-refractivity contribution in [1.29, 1.82) is 0 Å². The molecule has 0 atom stereocenters. The Labute approximate surface area is 127 Å². The summed E-state index contributed by atoms with van der Waals surface area (Å²) in [7, 11) is 0. The first kappa shape index (κ1) is 14.3. The maximum absolute atomic E-state index is 11.4. The Morgan fingerprint density at radius 2 is 1.64 bits per heavy atom. The van der Waals surface area contributed by atoms with Gasteiger partial charge in [0.2, 0.25) is 0 Å². The van der Waals surface area contributed by atoms with Gasteiger partial charge in [0.05, 0.1) is 5.56 Å². The molecule has 0 aromatic heterocycles. The molecule has 3 heteroatoms. The topological polar surface area (TPSA) is 26.3 Å². The second-order valence-corrected chi connectivity index (χ2v) is 3.87. The number of rotatable bonds is 1. The van der Waals surface area contributed by atoms with Crippen molar-refractivity contribution in [1.82, 2.24) is 0 Å². The molecule has 2 nitrogen and oxygen atoms in total. The van der Waals surface area contributed by atoms with Crippen molar-refractivity contribution >= 4 is 57.4 Å². The third-order valence-electron chi connectivity index (χ3n) is 1.41. The van der Waals surface area contributed by atoms with Gasteiger partial charge in [-0.15, -0.1) is 0 Å². The van der Waals surface area contributed by atoms with E-state index in [-0.39, 0.29) is 57.4 Å². The van der Waals surface area contributed by atoms with E-state index in [0.29, 0.717) is 5.56 Å². The zero-order valence-corrected chi connectivity index (χ0v) is 12.3. The molecular formula is C11H14KO2. The number of hydrogen-bond donors (Lipinski definition) is 0. The Balaban J connectivity index is 0.00000169. The van der Waals surface area contributed by atoms with Crippen LogP contribution in [-0.2, 0) is 4.74 Å². The van der Waals surface area contributed by atoms with Crippen LogP contribution in [0.3, 0.4) is 0 Å². The fraction of sp³-hybridized carbons (Fsp3) is 0.364. The van der Waals surface area contributed by atoms with E-state index < -0.39 is 5.60 Å². The zero-order chi connectivity index (χ0) is 9.90.